The molecule has 1 unspecified atom stereocenters. The highest BCUT2D eigenvalue weighted by Crippen LogP contribution is 2.24. The molecule has 2 saturated heterocycles. The average molecular weight is 322 g/mol. The average Bonchev–Trinajstić information content (AvgIpc) is 2.73. The molecule has 2 aliphatic heterocycles. The fraction of sp³-hybridized carbons (Fsp3) is 0.562. The first-order valence-corrected chi connectivity index (χ1v) is 9.88. The summed E-state index contributed by atoms with van der Waals surface area (Å²) in [4.78, 5) is 14.1. The molecule has 2 fully saturated rings. The Kier molecular flexibility index (Phi) is 5.49. The van der Waals surface area contributed by atoms with Crippen LogP contribution in [0, 0.1) is 5.92 Å². The van der Waals surface area contributed by atoms with E-state index in [0.717, 1.165) is 18.8 Å². The maximum absolute atomic E-state index is 12.2. The molecule has 1 N–H and O–H groups in total. The molecule has 1 amide bonds. The third kappa shape index (κ3) is 4.18. The van der Waals surface area contributed by atoms with E-state index in [1.807, 2.05) is 58.8 Å². The molecule has 114 valence electrons. The van der Waals surface area contributed by atoms with Gasteiger partial charge in [-0.05, 0) is 18.1 Å². The van der Waals surface area contributed by atoms with E-state index in [2.05, 4.69) is 5.32 Å². The van der Waals surface area contributed by atoms with Gasteiger partial charge in [-0.3, -0.25) is 4.79 Å². The molecule has 0 aliphatic carbocycles. The summed E-state index contributed by atoms with van der Waals surface area (Å²) < 4.78 is 0. The Morgan fingerprint density at radius 2 is 1.86 bits per heavy atom. The van der Waals surface area contributed by atoms with Crippen molar-refractivity contribution in [3.63, 3.8) is 0 Å². The summed E-state index contributed by atoms with van der Waals surface area (Å²) in [6, 6.07) is 10.6. The number of thioether (sulfide) groups is 2. The predicted molar refractivity (Wildman–Crippen MR) is 93.3 cm³/mol. The van der Waals surface area contributed by atoms with Crippen molar-refractivity contribution in [2.45, 2.75) is 12.5 Å². The summed E-state index contributed by atoms with van der Waals surface area (Å²) in [5, 5.41) is 3.68. The second-order valence-electron chi connectivity index (χ2n) is 5.67. The van der Waals surface area contributed by atoms with Crippen molar-refractivity contribution >= 4 is 35.1 Å². The van der Waals surface area contributed by atoms with Crippen LogP contribution in [0.25, 0.3) is 0 Å². The number of benzene rings is 1. The molecule has 0 spiro atoms. The maximum Gasteiger partial charge on any atom is 0.227 e. The van der Waals surface area contributed by atoms with Crippen molar-refractivity contribution in [1.29, 1.82) is 0 Å². The van der Waals surface area contributed by atoms with Crippen LogP contribution >= 0.6 is 23.5 Å². The molecule has 0 bridgehead atoms. The number of rotatable bonds is 4. The number of carbonyl (C=O) groups is 1. The second kappa shape index (κ2) is 7.56. The molecule has 3 nitrogen and oxygen atoms in total. The Balaban J connectivity index is 1.50. The summed E-state index contributed by atoms with van der Waals surface area (Å²) in [5.41, 5.74) is 1.03. The van der Waals surface area contributed by atoms with Gasteiger partial charge in [-0.15, -0.1) is 0 Å². The van der Waals surface area contributed by atoms with Crippen LogP contribution in [0.3, 0.4) is 0 Å². The number of carbonyl (C=O) groups excluding carboxylic acids is 1. The first-order chi connectivity index (χ1) is 10.3. The highest BCUT2D eigenvalue weighted by Gasteiger charge is 2.30. The Morgan fingerprint density at radius 3 is 2.57 bits per heavy atom. The summed E-state index contributed by atoms with van der Waals surface area (Å²) >= 11 is 4.09. The van der Waals surface area contributed by atoms with E-state index in [-0.39, 0.29) is 5.91 Å². The Bertz CT molecular complexity index is 461. The lowest BCUT2D eigenvalue weighted by Gasteiger charge is -2.19. The normalized spacial score (nSPS) is 24.3. The third-order valence-corrected chi connectivity index (χ3v) is 6.50. The highest BCUT2D eigenvalue weighted by atomic mass is 32.2. The van der Waals surface area contributed by atoms with E-state index in [4.69, 9.17) is 0 Å². The topological polar surface area (TPSA) is 32.3 Å². The van der Waals surface area contributed by atoms with Gasteiger partial charge in [-0.25, -0.2) is 0 Å². The van der Waals surface area contributed by atoms with E-state index in [9.17, 15) is 4.79 Å². The molecule has 3 rings (SSSR count). The van der Waals surface area contributed by atoms with Crippen molar-refractivity contribution in [2.75, 3.05) is 41.0 Å². The molecule has 0 saturated carbocycles. The van der Waals surface area contributed by atoms with Crippen LogP contribution in [0.5, 0.6) is 0 Å². The number of para-hydroxylation sites is 1. The lowest BCUT2D eigenvalue weighted by atomic mass is 10.1. The molecule has 2 heterocycles. The zero-order valence-corrected chi connectivity index (χ0v) is 13.8. The maximum atomic E-state index is 12.2. The van der Waals surface area contributed by atoms with Gasteiger partial charge in [0, 0.05) is 54.3 Å². The largest absolute Gasteiger partial charge is 0.312 e. The number of anilines is 1. The van der Waals surface area contributed by atoms with Crippen LogP contribution < -0.4 is 10.2 Å². The van der Waals surface area contributed by atoms with Crippen LogP contribution in [0.4, 0.5) is 5.69 Å². The summed E-state index contributed by atoms with van der Waals surface area (Å²) in [6.07, 6.45) is 0.675. The van der Waals surface area contributed by atoms with Crippen molar-refractivity contribution < 1.29 is 4.79 Å². The standard InChI is InChI=1S/C16H22N2OS2/c19-16-8-13(9-17-14-11-20-6-7-21-12-14)10-18(16)15-4-2-1-3-5-15/h1-5,13-14,17H,6-12H2. The van der Waals surface area contributed by atoms with Crippen LogP contribution in [0.1, 0.15) is 6.42 Å². The first-order valence-electron chi connectivity index (χ1n) is 7.57. The van der Waals surface area contributed by atoms with Crippen LogP contribution in [-0.4, -0.2) is 48.0 Å². The monoisotopic (exact) mass is 322 g/mol. The minimum atomic E-state index is 0.262. The predicted octanol–water partition coefficient (Wildman–Crippen LogP) is 2.48. The fourth-order valence-corrected chi connectivity index (χ4v) is 5.31. The molecular weight excluding hydrogens is 300 g/mol. The molecule has 2 aliphatic rings. The molecule has 0 aromatic heterocycles. The quantitative estimate of drug-likeness (QED) is 0.923. The van der Waals surface area contributed by atoms with E-state index in [1.165, 1.54) is 23.0 Å². The number of nitrogens with zero attached hydrogens (tertiary/aromatic N) is 1. The van der Waals surface area contributed by atoms with Gasteiger partial charge in [0.05, 0.1) is 0 Å². The van der Waals surface area contributed by atoms with E-state index in [0.29, 0.717) is 18.4 Å². The van der Waals surface area contributed by atoms with Crippen molar-refractivity contribution in [3.05, 3.63) is 30.3 Å². The molecule has 1 aromatic carbocycles. The van der Waals surface area contributed by atoms with Crippen LogP contribution in [0.2, 0.25) is 0 Å². The number of hydrogen-bond acceptors (Lipinski definition) is 4. The summed E-state index contributed by atoms with van der Waals surface area (Å²) in [7, 11) is 0. The molecule has 5 heteroatoms. The van der Waals surface area contributed by atoms with Gasteiger partial charge in [0.25, 0.3) is 0 Å². The lowest BCUT2D eigenvalue weighted by Crippen LogP contribution is -2.37. The minimum absolute atomic E-state index is 0.262. The lowest BCUT2D eigenvalue weighted by molar-refractivity contribution is -0.117. The van der Waals surface area contributed by atoms with Gasteiger partial charge >= 0.3 is 0 Å². The fourth-order valence-electron chi connectivity index (χ4n) is 2.84. The summed E-state index contributed by atoms with van der Waals surface area (Å²) in [6.45, 7) is 1.81. The third-order valence-electron chi connectivity index (χ3n) is 3.98. The van der Waals surface area contributed by atoms with E-state index in [1.54, 1.807) is 0 Å². The van der Waals surface area contributed by atoms with Crippen LogP contribution in [-0.2, 0) is 4.79 Å². The van der Waals surface area contributed by atoms with E-state index < -0.39 is 0 Å². The number of hydrogen-bond donors (Lipinski definition) is 1. The van der Waals surface area contributed by atoms with Gasteiger partial charge in [-0.2, -0.15) is 23.5 Å². The van der Waals surface area contributed by atoms with Gasteiger partial charge in [0.2, 0.25) is 5.91 Å². The van der Waals surface area contributed by atoms with Gasteiger partial charge < -0.3 is 10.2 Å². The Labute approximate surface area is 135 Å². The van der Waals surface area contributed by atoms with Crippen LogP contribution in [0.15, 0.2) is 30.3 Å². The van der Waals surface area contributed by atoms with E-state index >= 15 is 0 Å². The zero-order valence-electron chi connectivity index (χ0n) is 12.2. The zero-order chi connectivity index (χ0) is 14.5. The Morgan fingerprint density at radius 1 is 1.14 bits per heavy atom. The molecular formula is C16H22N2OS2. The Hall–Kier alpha value is -0.650. The smallest absolute Gasteiger partial charge is 0.227 e. The molecule has 21 heavy (non-hydrogen) atoms. The van der Waals surface area contributed by atoms with Gasteiger partial charge in [-0.1, -0.05) is 18.2 Å². The van der Waals surface area contributed by atoms with Gasteiger partial charge in [0.1, 0.15) is 0 Å². The minimum Gasteiger partial charge on any atom is -0.312 e. The summed E-state index contributed by atoms with van der Waals surface area (Å²) in [5.74, 6) is 5.65. The first kappa shape index (κ1) is 15.3. The molecule has 1 aromatic rings. The molecule has 0 radical (unpaired) electrons. The van der Waals surface area contributed by atoms with Gasteiger partial charge in [0.15, 0.2) is 0 Å². The molecule has 1 atom stereocenters. The van der Waals surface area contributed by atoms with Crippen molar-refractivity contribution in [2.24, 2.45) is 5.92 Å². The number of nitrogens with one attached hydrogen (secondary N) is 1. The number of amides is 1. The SMILES string of the molecule is O=C1CC(CNC2CSCCSC2)CN1c1ccccc1. The van der Waals surface area contributed by atoms with Crippen molar-refractivity contribution in [1.82, 2.24) is 5.32 Å². The highest BCUT2D eigenvalue weighted by molar-refractivity contribution is 8.03. The second-order valence-corrected chi connectivity index (χ2v) is 7.96. The van der Waals surface area contributed by atoms with Crippen molar-refractivity contribution in [3.8, 4) is 0 Å².